The van der Waals surface area contributed by atoms with E-state index < -0.39 is 17.1 Å². The first-order valence-electron chi connectivity index (χ1n) is 14.3. The zero-order chi connectivity index (χ0) is 33.5. The lowest BCUT2D eigenvalue weighted by Gasteiger charge is -2.16. The molecule has 10 nitrogen and oxygen atoms in total. The summed E-state index contributed by atoms with van der Waals surface area (Å²) in [4.78, 5) is 54.8. The molecule has 1 unspecified atom stereocenters. The lowest BCUT2D eigenvalue weighted by molar-refractivity contribution is -0.121. The van der Waals surface area contributed by atoms with Gasteiger partial charge in [-0.05, 0) is 66.7 Å². The van der Waals surface area contributed by atoms with E-state index in [1.54, 1.807) is 91.0 Å². The average Bonchev–Trinajstić information content (AvgIpc) is 3.36. The molecular formula is C35H30BrN3O7S. The molecule has 0 radical (unpaired) electrons. The van der Waals surface area contributed by atoms with Crippen molar-refractivity contribution in [2.45, 2.75) is 16.6 Å². The Morgan fingerprint density at radius 2 is 1.64 bits per heavy atom. The number of carbonyl (C=O) groups is 4. The highest BCUT2D eigenvalue weighted by atomic mass is 79.9. The Balaban J connectivity index is 1.40. The van der Waals surface area contributed by atoms with Crippen molar-refractivity contribution in [2.75, 3.05) is 31.5 Å². The first-order chi connectivity index (χ1) is 22.7. The van der Waals surface area contributed by atoms with Crippen molar-refractivity contribution in [1.29, 1.82) is 0 Å². The lowest BCUT2D eigenvalue weighted by atomic mass is 10.1. The van der Waals surface area contributed by atoms with Gasteiger partial charge in [0, 0.05) is 38.7 Å². The second-order valence-corrected chi connectivity index (χ2v) is 12.4. The Morgan fingerprint density at radius 1 is 0.894 bits per heavy atom. The summed E-state index contributed by atoms with van der Waals surface area (Å²) in [5, 5.41) is 4.92. The summed E-state index contributed by atoms with van der Waals surface area (Å²) in [5.41, 5.74) is 1.62. The SMILES string of the molecule is COc1cc(/C=C(\NC(=O)c2ccccc2)C(=O)Nc2cccc(SC3CC(=O)N(c4ccc(Br)cc4)C3=O)c2)c(OC)c(OC)c1. The molecule has 1 heterocycles. The molecule has 4 aromatic rings. The summed E-state index contributed by atoms with van der Waals surface area (Å²) >= 11 is 4.60. The molecule has 47 heavy (non-hydrogen) atoms. The van der Waals surface area contributed by atoms with E-state index in [4.69, 9.17) is 14.2 Å². The van der Waals surface area contributed by atoms with Gasteiger partial charge in [-0.1, -0.05) is 40.2 Å². The maximum absolute atomic E-state index is 13.8. The third kappa shape index (κ3) is 7.84. The third-order valence-electron chi connectivity index (χ3n) is 7.11. The maximum Gasteiger partial charge on any atom is 0.272 e. The van der Waals surface area contributed by atoms with E-state index in [-0.39, 0.29) is 23.9 Å². The van der Waals surface area contributed by atoms with Crippen LogP contribution in [0.5, 0.6) is 17.2 Å². The first-order valence-corrected chi connectivity index (χ1v) is 16.0. The predicted molar refractivity (Wildman–Crippen MR) is 184 cm³/mol. The number of benzene rings is 4. The van der Waals surface area contributed by atoms with Crippen molar-refractivity contribution in [3.63, 3.8) is 0 Å². The molecule has 0 bridgehead atoms. The van der Waals surface area contributed by atoms with Crippen LogP contribution in [0.2, 0.25) is 0 Å². The minimum Gasteiger partial charge on any atom is -0.497 e. The highest BCUT2D eigenvalue weighted by molar-refractivity contribution is 9.10. The fourth-order valence-corrected chi connectivity index (χ4v) is 6.24. The number of hydrogen-bond donors (Lipinski definition) is 2. The molecule has 240 valence electrons. The van der Waals surface area contributed by atoms with E-state index in [2.05, 4.69) is 26.6 Å². The van der Waals surface area contributed by atoms with Gasteiger partial charge in [0.05, 0.1) is 32.3 Å². The Bertz CT molecular complexity index is 1850. The fraction of sp³-hybridized carbons (Fsp3) is 0.143. The second kappa shape index (κ2) is 15.0. The lowest BCUT2D eigenvalue weighted by Crippen LogP contribution is -2.31. The number of nitrogens with zero attached hydrogens (tertiary/aromatic N) is 1. The second-order valence-electron chi connectivity index (χ2n) is 10.2. The molecule has 4 amide bonds. The summed E-state index contributed by atoms with van der Waals surface area (Å²) in [7, 11) is 4.44. The normalized spacial score (nSPS) is 14.5. The van der Waals surface area contributed by atoms with E-state index in [1.165, 1.54) is 44.1 Å². The minimum atomic E-state index is -0.631. The van der Waals surface area contributed by atoms with Crippen LogP contribution >= 0.6 is 27.7 Å². The van der Waals surface area contributed by atoms with Crippen LogP contribution in [0.25, 0.3) is 6.08 Å². The zero-order valence-electron chi connectivity index (χ0n) is 25.6. The van der Waals surface area contributed by atoms with Crippen LogP contribution in [0.15, 0.2) is 106 Å². The molecule has 1 fully saturated rings. The van der Waals surface area contributed by atoms with Crippen LogP contribution in [-0.4, -0.2) is 50.2 Å². The highest BCUT2D eigenvalue weighted by Crippen LogP contribution is 2.37. The van der Waals surface area contributed by atoms with Crippen LogP contribution in [0, 0.1) is 0 Å². The predicted octanol–water partition coefficient (Wildman–Crippen LogP) is 6.31. The van der Waals surface area contributed by atoms with Crippen molar-refractivity contribution in [3.05, 3.63) is 112 Å². The van der Waals surface area contributed by atoms with Crippen molar-refractivity contribution >= 4 is 68.8 Å². The Labute approximate surface area is 284 Å². The van der Waals surface area contributed by atoms with Crippen LogP contribution < -0.4 is 29.7 Å². The number of carbonyl (C=O) groups excluding carboxylic acids is 4. The van der Waals surface area contributed by atoms with Gasteiger partial charge >= 0.3 is 0 Å². The largest absolute Gasteiger partial charge is 0.497 e. The molecule has 0 spiro atoms. The molecule has 12 heteroatoms. The molecule has 1 aliphatic heterocycles. The monoisotopic (exact) mass is 715 g/mol. The summed E-state index contributed by atoms with van der Waals surface area (Å²) in [6.07, 6.45) is 1.51. The van der Waals surface area contributed by atoms with Gasteiger partial charge in [0.15, 0.2) is 11.5 Å². The van der Waals surface area contributed by atoms with Crippen molar-refractivity contribution in [3.8, 4) is 17.2 Å². The van der Waals surface area contributed by atoms with Gasteiger partial charge in [0.2, 0.25) is 11.8 Å². The molecular weight excluding hydrogens is 686 g/mol. The molecule has 1 aliphatic rings. The molecule has 1 saturated heterocycles. The topological polar surface area (TPSA) is 123 Å². The van der Waals surface area contributed by atoms with Gasteiger partial charge in [-0.3, -0.25) is 19.2 Å². The summed E-state index contributed by atoms with van der Waals surface area (Å²) < 4.78 is 17.3. The zero-order valence-corrected chi connectivity index (χ0v) is 28.0. The number of thioether (sulfide) groups is 1. The Hall–Kier alpha value is -5.07. The standard InChI is InChI=1S/C35H30BrN3O7S/c1-44-26-16-22(32(46-3)29(19-26)45-2)17-28(38-33(41)21-8-5-4-6-9-21)34(42)37-24-10-7-11-27(18-24)47-30-20-31(40)39(35(30)43)25-14-12-23(36)13-15-25/h4-19,30H,20H2,1-3H3,(H,37,42)(H,38,41)/b28-17-. The summed E-state index contributed by atoms with van der Waals surface area (Å²) in [6, 6.07) is 25.7. The molecule has 5 rings (SSSR count). The highest BCUT2D eigenvalue weighted by Gasteiger charge is 2.40. The number of halogens is 1. The average molecular weight is 717 g/mol. The summed E-state index contributed by atoms with van der Waals surface area (Å²) in [6.45, 7) is 0. The van der Waals surface area contributed by atoms with Crippen LogP contribution in [-0.2, 0) is 14.4 Å². The van der Waals surface area contributed by atoms with Crippen LogP contribution in [0.1, 0.15) is 22.3 Å². The smallest absolute Gasteiger partial charge is 0.272 e. The quantitative estimate of drug-likeness (QED) is 0.137. The van der Waals surface area contributed by atoms with E-state index in [9.17, 15) is 19.2 Å². The van der Waals surface area contributed by atoms with Crippen LogP contribution in [0.3, 0.4) is 0 Å². The van der Waals surface area contributed by atoms with E-state index >= 15 is 0 Å². The van der Waals surface area contributed by atoms with E-state index in [1.807, 2.05) is 0 Å². The summed E-state index contributed by atoms with van der Waals surface area (Å²) in [5.74, 6) is -0.555. The van der Waals surface area contributed by atoms with Crippen molar-refractivity contribution in [2.24, 2.45) is 0 Å². The molecule has 0 aromatic heterocycles. The maximum atomic E-state index is 13.8. The van der Waals surface area contributed by atoms with E-state index in [0.29, 0.717) is 44.6 Å². The number of anilines is 2. The van der Waals surface area contributed by atoms with E-state index in [0.717, 1.165) is 4.47 Å². The molecule has 1 atom stereocenters. The van der Waals surface area contributed by atoms with Crippen molar-refractivity contribution < 1.29 is 33.4 Å². The van der Waals surface area contributed by atoms with Gasteiger partial charge in [0.1, 0.15) is 11.4 Å². The number of hydrogen-bond acceptors (Lipinski definition) is 8. The minimum absolute atomic E-state index is 0.0421. The molecule has 0 saturated carbocycles. The number of rotatable bonds is 11. The Morgan fingerprint density at radius 3 is 2.32 bits per heavy atom. The number of nitrogens with one attached hydrogen (secondary N) is 2. The fourth-order valence-electron chi connectivity index (χ4n) is 4.86. The van der Waals surface area contributed by atoms with Gasteiger partial charge in [-0.15, -0.1) is 11.8 Å². The number of imide groups is 1. The molecule has 0 aliphatic carbocycles. The Kier molecular flexibility index (Phi) is 10.6. The van der Waals surface area contributed by atoms with Gasteiger partial charge < -0.3 is 24.8 Å². The molecule has 4 aromatic carbocycles. The third-order valence-corrected chi connectivity index (χ3v) is 8.81. The van der Waals surface area contributed by atoms with Gasteiger partial charge in [0.25, 0.3) is 11.8 Å². The van der Waals surface area contributed by atoms with Gasteiger partial charge in [-0.25, -0.2) is 4.90 Å². The number of ether oxygens (including phenoxy) is 3. The van der Waals surface area contributed by atoms with Crippen molar-refractivity contribution in [1.82, 2.24) is 5.32 Å². The molecule has 2 N–H and O–H groups in total. The van der Waals surface area contributed by atoms with Gasteiger partial charge in [-0.2, -0.15) is 0 Å². The van der Waals surface area contributed by atoms with Crippen LogP contribution in [0.4, 0.5) is 11.4 Å². The number of amides is 4. The first kappa shape index (κ1) is 33.3. The number of methoxy groups -OCH3 is 3.